The van der Waals surface area contributed by atoms with Crippen molar-refractivity contribution in [3.8, 4) is 0 Å². The molecule has 0 spiro atoms. The Labute approximate surface area is 174 Å². The van der Waals surface area contributed by atoms with E-state index in [1.165, 1.54) is 12.1 Å². The van der Waals surface area contributed by atoms with E-state index in [2.05, 4.69) is 0 Å². The summed E-state index contributed by atoms with van der Waals surface area (Å²) in [6.07, 6.45) is 1.20. The van der Waals surface area contributed by atoms with Gasteiger partial charge in [0.05, 0.1) is 5.57 Å². The fraction of sp³-hybridized carbons (Fsp3) is 0.348. The van der Waals surface area contributed by atoms with Gasteiger partial charge in [-0.25, -0.2) is 8.78 Å². The molecule has 2 aliphatic rings. The van der Waals surface area contributed by atoms with Gasteiger partial charge >= 0.3 is 6.97 Å². The first kappa shape index (κ1) is 20.7. The van der Waals surface area contributed by atoms with E-state index in [0.29, 0.717) is 41.2 Å². The first-order chi connectivity index (χ1) is 14.1. The van der Waals surface area contributed by atoms with E-state index in [1.807, 2.05) is 27.7 Å². The summed E-state index contributed by atoms with van der Waals surface area (Å²) >= 11 is 0. The van der Waals surface area contributed by atoms with Crippen molar-refractivity contribution in [3.63, 3.8) is 0 Å². The molecule has 158 valence electrons. The van der Waals surface area contributed by atoms with Crippen LogP contribution in [0, 0.1) is 25.5 Å². The molecule has 0 radical (unpaired) electrons. The average Bonchev–Trinajstić information content (AvgIpc) is 3.06. The summed E-state index contributed by atoms with van der Waals surface area (Å²) in [5.41, 5.74) is 5.60. The first-order valence-electron chi connectivity index (χ1n) is 10.3. The van der Waals surface area contributed by atoms with Crippen LogP contribution in [0.1, 0.15) is 62.2 Å². The summed E-state index contributed by atoms with van der Waals surface area (Å²) < 4.78 is 62.7. The largest absolute Gasteiger partial charge is 0.737 e. The van der Waals surface area contributed by atoms with Gasteiger partial charge in [-0.2, -0.15) is 0 Å². The van der Waals surface area contributed by atoms with E-state index in [1.54, 1.807) is 13.8 Å². The minimum atomic E-state index is -4.15. The fourth-order valence-corrected chi connectivity index (χ4v) is 5.45. The first-order valence-corrected chi connectivity index (χ1v) is 10.3. The Morgan fingerprint density at radius 3 is 2.07 bits per heavy atom. The molecular weight excluding hydrogens is 391 g/mol. The van der Waals surface area contributed by atoms with E-state index in [-0.39, 0.29) is 5.56 Å². The SMILES string of the molecule is CCC1=C(C)C2=C(c3cc(F)cc(F)c3)c3c(C)c(CC)c(C)n3[B-](F)(F)[N+]2=C1C. The molecule has 30 heavy (non-hydrogen) atoms. The number of benzene rings is 1. The lowest BCUT2D eigenvalue weighted by Gasteiger charge is -2.34. The summed E-state index contributed by atoms with van der Waals surface area (Å²) in [6, 6.07) is 3.25. The molecular formula is C23H25BF4N2. The Hall–Kier alpha value is -2.57. The number of hydrogen-bond donors (Lipinski definition) is 0. The molecule has 0 N–H and O–H groups in total. The molecule has 3 heterocycles. The monoisotopic (exact) mass is 416 g/mol. The highest BCUT2D eigenvalue weighted by Gasteiger charge is 2.56. The van der Waals surface area contributed by atoms with E-state index < -0.39 is 18.6 Å². The third kappa shape index (κ3) is 2.53. The van der Waals surface area contributed by atoms with Crippen LogP contribution in [0.4, 0.5) is 17.4 Å². The number of fused-ring (bicyclic) bond motifs is 2. The van der Waals surface area contributed by atoms with Crippen molar-refractivity contribution >= 4 is 18.3 Å². The predicted molar refractivity (Wildman–Crippen MR) is 113 cm³/mol. The molecule has 1 aromatic carbocycles. The van der Waals surface area contributed by atoms with Crippen molar-refractivity contribution in [2.75, 3.05) is 0 Å². The fourth-order valence-electron chi connectivity index (χ4n) is 5.45. The number of aromatic nitrogens is 1. The van der Waals surface area contributed by atoms with Crippen molar-refractivity contribution in [1.82, 2.24) is 4.48 Å². The molecule has 2 aromatic rings. The highest BCUT2D eigenvalue weighted by Crippen LogP contribution is 2.47. The zero-order chi connectivity index (χ0) is 22.1. The Balaban J connectivity index is 2.25. The second kappa shape index (κ2) is 6.72. The maximum atomic E-state index is 16.0. The van der Waals surface area contributed by atoms with Crippen LogP contribution in [0.5, 0.6) is 0 Å². The van der Waals surface area contributed by atoms with Gasteiger partial charge in [-0.15, -0.1) is 0 Å². The van der Waals surface area contributed by atoms with E-state index >= 15 is 8.63 Å². The molecule has 0 unspecified atom stereocenters. The van der Waals surface area contributed by atoms with E-state index in [4.69, 9.17) is 0 Å². The average molecular weight is 416 g/mol. The maximum absolute atomic E-state index is 16.0. The topological polar surface area (TPSA) is 7.94 Å². The van der Waals surface area contributed by atoms with Gasteiger partial charge in [0, 0.05) is 29.8 Å². The molecule has 4 rings (SSSR count). The van der Waals surface area contributed by atoms with Gasteiger partial charge in [0.25, 0.3) is 0 Å². The van der Waals surface area contributed by atoms with Gasteiger partial charge in [0.15, 0.2) is 5.70 Å². The molecule has 1 aromatic heterocycles. The predicted octanol–water partition coefficient (Wildman–Crippen LogP) is 6.15. The minimum Gasteiger partial charge on any atom is -0.393 e. The molecule has 0 saturated carbocycles. The summed E-state index contributed by atoms with van der Waals surface area (Å²) in [5.74, 6) is -1.46. The van der Waals surface area contributed by atoms with E-state index in [9.17, 15) is 8.78 Å². The quantitative estimate of drug-likeness (QED) is 0.419. The molecule has 7 heteroatoms. The van der Waals surface area contributed by atoms with Crippen LogP contribution in [0.2, 0.25) is 0 Å². The minimum absolute atomic E-state index is 0.271. The second-order valence-electron chi connectivity index (χ2n) is 8.14. The number of rotatable bonds is 3. The van der Waals surface area contributed by atoms with Crippen LogP contribution in [0.15, 0.2) is 35.0 Å². The maximum Gasteiger partial charge on any atom is 0.737 e. The number of hydrogen-bond acceptors (Lipinski definition) is 0. The standard InChI is InChI=1S/C23H25BF4N2/c1-7-19-12(3)22-21(16-9-17(25)11-18(26)10-16)23-13(4)20(8-2)15(6)30(23)24(27,28)29(22)14(19)5/h9-11H,7-8H2,1-6H3. The van der Waals surface area contributed by atoms with E-state index in [0.717, 1.165) is 37.3 Å². The summed E-state index contributed by atoms with van der Waals surface area (Å²) in [4.78, 5) is 0. The molecule has 0 bridgehead atoms. The zero-order valence-electron chi connectivity index (χ0n) is 18.1. The Kier molecular flexibility index (Phi) is 4.64. The molecule has 0 amide bonds. The highest BCUT2D eigenvalue weighted by molar-refractivity contribution is 6.58. The van der Waals surface area contributed by atoms with Gasteiger partial charge in [-0.05, 0) is 68.1 Å². The normalized spacial score (nSPS) is 17.8. The van der Waals surface area contributed by atoms with Gasteiger partial charge in [0.2, 0.25) is 0 Å². The second-order valence-corrected chi connectivity index (χ2v) is 8.14. The molecule has 0 saturated heterocycles. The van der Waals surface area contributed by atoms with Crippen molar-refractivity contribution in [2.45, 2.75) is 54.4 Å². The lowest BCUT2D eigenvalue weighted by Crippen LogP contribution is -2.51. The number of nitrogens with zero attached hydrogens (tertiary/aromatic N) is 2. The smallest absolute Gasteiger partial charge is 0.393 e. The number of allylic oxidation sites excluding steroid dienone is 2. The summed E-state index contributed by atoms with van der Waals surface area (Å²) in [6.45, 7) is 6.75. The van der Waals surface area contributed by atoms with Crippen molar-refractivity contribution in [2.24, 2.45) is 0 Å². The van der Waals surface area contributed by atoms with Gasteiger partial charge in [0.1, 0.15) is 17.3 Å². The Bertz CT molecular complexity index is 1180. The van der Waals surface area contributed by atoms with Crippen LogP contribution in [0.3, 0.4) is 0 Å². The summed E-state index contributed by atoms with van der Waals surface area (Å²) in [7, 11) is 0. The van der Waals surface area contributed by atoms with Crippen LogP contribution < -0.4 is 0 Å². The molecule has 2 nitrogen and oxygen atoms in total. The molecule has 2 aliphatic heterocycles. The molecule has 0 fully saturated rings. The van der Waals surface area contributed by atoms with Crippen molar-refractivity contribution in [3.05, 3.63) is 74.8 Å². The van der Waals surface area contributed by atoms with Crippen molar-refractivity contribution in [1.29, 1.82) is 0 Å². The number of halogens is 4. The van der Waals surface area contributed by atoms with Crippen LogP contribution in [-0.4, -0.2) is 21.6 Å². The molecule has 0 atom stereocenters. The molecule has 0 aliphatic carbocycles. The Morgan fingerprint density at radius 2 is 1.53 bits per heavy atom. The zero-order valence-corrected chi connectivity index (χ0v) is 18.1. The third-order valence-electron chi connectivity index (χ3n) is 6.65. The van der Waals surface area contributed by atoms with Crippen LogP contribution in [-0.2, 0) is 6.42 Å². The van der Waals surface area contributed by atoms with Gasteiger partial charge in [-0.3, -0.25) is 0 Å². The van der Waals surface area contributed by atoms with Crippen LogP contribution >= 0.6 is 0 Å². The van der Waals surface area contributed by atoms with Crippen LogP contribution in [0.25, 0.3) is 5.57 Å². The lowest BCUT2D eigenvalue weighted by atomic mass is 9.83. The third-order valence-corrected chi connectivity index (χ3v) is 6.65. The van der Waals surface area contributed by atoms with Gasteiger partial charge in [-0.1, -0.05) is 13.8 Å². The van der Waals surface area contributed by atoms with Crippen molar-refractivity contribution < 1.29 is 21.9 Å². The summed E-state index contributed by atoms with van der Waals surface area (Å²) in [5, 5.41) is 0. The van der Waals surface area contributed by atoms with Gasteiger partial charge < -0.3 is 17.6 Å². The Morgan fingerprint density at radius 1 is 0.933 bits per heavy atom. The lowest BCUT2D eigenvalue weighted by molar-refractivity contribution is -0.363. The highest BCUT2D eigenvalue weighted by atomic mass is 19.2.